The van der Waals surface area contributed by atoms with Gasteiger partial charge in [0.05, 0.1) is 0 Å². The van der Waals surface area contributed by atoms with E-state index in [1.54, 1.807) is 0 Å². The first kappa shape index (κ1) is 12.0. The number of halogens is 1. The highest BCUT2D eigenvalue weighted by atomic mass is 32.1. The molecule has 2 aromatic rings. The number of H-pyrrole nitrogens is 1. The van der Waals surface area contributed by atoms with Crippen LogP contribution < -0.4 is 0 Å². The summed E-state index contributed by atoms with van der Waals surface area (Å²) in [5, 5.41) is 0. The third-order valence-corrected chi connectivity index (χ3v) is 3.10. The van der Waals surface area contributed by atoms with Gasteiger partial charge in [-0.15, -0.1) is 0 Å². The van der Waals surface area contributed by atoms with E-state index in [1.165, 1.54) is 12.1 Å². The topological polar surface area (TPSA) is 20.7 Å². The normalized spacial score (nSPS) is 12.6. The number of aryl methyl sites for hydroxylation is 1. The van der Waals surface area contributed by atoms with Crippen LogP contribution >= 0.6 is 12.2 Å². The Kier molecular flexibility index (Phi) is 3.43. The van der Waals surface area contributed by atoms with Crippen LogP contribution in [0.15, 0.2) is 30.5 Å². The quantitative estimate of drug-likeness (QED) is 0.822. The van der Waals surface area contributed by atoms with Crippen molar-refractivity contribution in [3.63, 3.8) is 0 Å². The number of nitrogens with one attached hydrogen (secondary N) is 1. The van der Waals surface area contributed by atoms with Crippen LogP contribution in [0.25, 0.3) is 0 Å². The first-order valence-corrected chi connectivity index (χ1v) is 5.99. The number of hydrogen-bond donors (Lipinski definition) is 1. The van der Waals surface area contributed by atoms with Gasteiger partial charge >= 0.3 is 0 Å². The van der Waals surface area contributed by atoms with E-state index in [0.717, 1.165) is 22.4 Å². The number of hydrogen-bond acceptors (Lipinski definition) is 1. The molecule has 0 aliphatic rings. The highest BCUT2D eigenvalue weighted by molar-refractivity contribution is 7.71. The second-order valence-corrected chi connectivity index (χ2v) is 4.72. The van der Waals surface area contributed by atoms with E-state index in [2.05, 4.69) is 11.9 Å². The standard InChI is InChI=1S/C13H15FN2S/c1-9-8-16(13(17)15-9)10(2)7-11-3-5-12(14)6-4-11/h3-6,8,10H,7H2,1-2H3,(H,15,17). The fourth-order valence-corrected chi connectivity index (χ4v) is 2.31. The van der Waals surface area contributed by atoms with E-state index in [4.69, 9.17) is 12.2 Å². The van der Waals surface area contributed by atoms with Gasteiger partial charge in [-0.25, -0.2) is 4.39 Å². The number of aromatic amines is 1. The zero-order valence-electron chi connectivity index (χ0n) is 9.90. The minimum absolute atomic E-state index is 0.199. The predicted octanol–water partition coefficient (Wildman–Crippen LogP) is 3.80. The Hall–Kier alpha value is -1.42. The third-order valence-electron chi connectivity index (χ3n) is 2.79. The van der Waals surface area contributed by atoms with E-state index < -0.39 is 0 Å². The Morgan fingerprint density at radius 3 is 2.53 bits per heavy atom. The average Bonchev–Trinajstić information content (AvgIpc) is 2.61. The second-order valence-electron chi connectivity index (χ2n) is 4.33. The molecule has 2 rings (SSSR count). The van der Waals surface area contributed by atoms with Crippen molar-refractivity contribution in [1.29, 1.82) is 0 Å². The predicted molar refractivity (Wildman–Crippen MR) is 69.2 cm³/mol. The summed E-state index contributed by atoms with van der Waals surface area (Å²) in [6.07, 6.45) is 2.85. The summed E-state index contributed by atoms with van der Waals surface area (Å²) in [5.41, 5.74) is 2.17. The molecule has 0 saturated heterocycles. The number of nitrogens with zero attached hydrogens (tertiary/aromatic N) is 1. The van der Waals surface area contributed by atoms with E-state index in [9.17, 15) is 4.39 Å². The maximum absolute atomic E-state index is 12.8. The molecule has 1 aromatic carbocycles. The summed E-state index contributed by atoms with van der Waals surface area (Å²) in [6, 6.07) is 6.87. The van der Waals surface area contributed by atoms with Crippen LogP contribution in [0.5, 0.6) is 0 Å². The molecule has 0 radical (unpaired) electrons. The van der Waals surface area contributed by atoms with Crippen molar-refractivity contribution >= 4 is 12.2 Å². The van der Waals surface area contributed by atoms with Crippen LogP contribution in [0.4, 0.5) is 4.39 Å². The molecule has 0 aliphatic carbocycles. The lowest BCUT2D eigenvalue weighted by Gasteiger charge is -2.13. The fourth-order valence-electron chi connectivity index (χ4n) is 1.92. The molecule has 1 unspecified atom stereocenters. The van der Waals surface area contributed by atoms with E-state index >= 15 is 0 Å². The minimum atomic E-state index is -0.199. The molecule has 2 nitrogen and oxygen atoms in total. The van der Waals surface area contributed by atoms with Gasteiger partial charge in [0.2, 0.25) is 0 Å². The lowest BCUT2D eigenvalue weighted by Crippen LogP contribution is -2.07. The van der Waals surface area contributed by atoms with Crippen molar-refractivity contribution < 1.29 is 4.39 Å². The Balaban J connectivity index is 2.16. The summed E-state index contributed by atoms with van der Waals surface area (Å²) >= 11 is 5.23. The number of rotatable bonds is 3. The van der Waals surface area contributed by atoms with Crippen LogP contribution in [0, 0.1) is 17.5 Å². The van der Waals surface area contributed by atoms with Gasteiger partial charge in [0, 0.05) is 17.9 Å². The van der Waals surface area contributed by atoms with Gasteiger partial charge in [0.15, 0.2) is 4.77 Å². The van der Waals surface area contributed by atoms with Gasteiger partial charge in [-0.1, -0.05) is 12.1 Å². The lowest BCUT2D eigenvalue weighted by molar-refractivity contribution is 0.537. The Morgan fingerprint density at radius 2 is 2.00 bits per heavy atom. The number of imidazole rings is 1. The molecule has 90 valence electrons. The summed E-state index contributed by atoms with van der Waals surface area (Å²) < 4.78 is 15.6. The molecule has 1 N–H and O–H groups in total. The molecule has 0 saturated carbocycles. The highest BCUT2D eigenvalue weighted by Crippen LogP contribution is 2.15. The first-order chi connectivity index (χ1) is 8.06. The average molecular weight is 250 g/mol. The molecule has 17 heavy (non-hydrogen) atoms. The van der Waals surface area contributed by atoms with Crippen molar-refractivity contribution in [2.45, 2.75) is 26.3 Å². The summed E-state index contributed by atoms with van der Waals surface area (Å²) in [4.78, 5) is 3.10. The second kappa shape index (κ2) is 4.84. The number of benzene rings is 1. The van der Waals surface area contributed by atoms with E-state index in [1.807, 2.05) is 29.8 Å². The van der Waals surface area contributed by atoms with Crippen LogP contribution in [-0.4, -0.2) is 9.55 Å². The number of aromatic nitrogens is 2. The van der Waals surface area contributed by atoms with Crippen LogP contribution in [0.2, 0.25) is 0 Å². The van der Waals surface area contributed by atoms with Gasteiger partial charge in [0.1, 0.15) is 5.82 Å². The first-order valence-electron chi connectivity index (χ1n) is 5.58. The van der Waals surface area contributed by atoms with Crippen molar-refractivity contribution in [2.24, 2.45) is 0 Å². The molecule has 0 amide bonds. The molecular formula is C13H15FN2S. The van der Waals surface area contributed by atoms with Crippen molar-refractivity contribution in [2.75, 3.05) is 0 Å². The van der Waals surface area contributed by atoms with Crippen LogP contribution in [0.3, 0.4) is 0 Å². The summed E-state index contributed by atoms with van der Waals surface area (Å²) in [6.45, 7) is 4.09. The molecule has 1 heterocycles. The lowest BCUT2D eigenvalue weighted by atomic mass is 10.1. The van der Waals surface area contributed by atoms with Gasteiger partial charge < -0.3 is 9.55 Å². The largest absolute Gasteiger partial charge is 0.335 e. The molecule has 0 aliphatic heterocycles. The van der Waals surface area contributed by atoms with Crippen LogP contribution in [-0.2, 0) is 6.42 Å². The Morgan fingerprint density at radius 1 is 1.35 bits per heavy atom. The zero-order chi connectivity index (χ0) is 12.4. The maximum Gasteiger partial charge on any atom is 0.177 e. The molecule has 0 spiro atoms. The minimum Gasteiger partial charge on any atom is -0.335 e. The fraction of sp³-hybridized carbons (Fsp3) is 0.308. The van der Waals surface area contributed by atoms with Gasteiger partial charge in [0.25, 0.3) is 0 Å². The van der Waals surface area contributed by atoms with E-state index in [0.29, 0.717) is 0 Å². The Bertz CT molecular complexity index is 554. The van der Waals surface area contributed by atoms with Crippen molar-refractivity contribution in [3.8, 4) is 0 Å². The molecule has 1 atom stereocenters. The molecule has 0 bridgehead atoms. The van der Waals surface area contributed by atoms with Crippen LogP contribution in [0.1, 0.15) is 24.2 Å². The summed E-state index contributed by atoms with van der Waals surface area (Å²) in [7, 11) is 0. The monoisotopic (exact) mass is 250 g/mol. The highest BCUT2D eigenvalue weighted by Gasteiger charge is 2.07. The SMILES string of the molecule is Cc1cn(C(C)Cc2ccc(F)cc2)c(=S)[nH]1. The molecule has 1 aromatic heterocycles. The van der Waals surface area contributed by atoms with Crippen molar-refractivity contribution in [3.05, 3.63) is 52.3 Å². The maximum atomic E-state index is 12.8. The van der Waals surface area contributed by atoms with Crippen molar-refractivity contribution in [1.82, 2.24) is 9.55 Å². The smallest absolute Gasteiger partial charge is 0.177 e. The third kappa shape index (κ3) is 2.82. The van der Waals surface area contributed by atoms with Gasteiger partial charge in [-0.2, -0.15) is 0 Å². The summed E-state index contributed by atoms with van der Waals surface area (Å²) in [5.74, 6) is -0.199. The Labute approximate surface area is 105 Å². The molecular weight excluding hydrogens is 235 g/mol. The molecule has 0 fully saturated rings. The van der Waals surface area contributed by atoms with Gasteiger partial charge in [-0.3, -0.25) is 0 Å². The van der Waals surface area contributed by atoms with E-state index in [-0.39, 0.29) is 11.9 Å². The molecule has 4 heteroatoms. The zero-order valence-corrected chi connectivity index (χ0v) is 10.7. The van der Waals surface area contributed by atoms with Gasteiger partial charge in [-0.05, 0) is 50.2 Å².